The maximum absolute atomic E-state index is 10.1. The van der Waals surface area contributed by atoms with Gasteiger partial charge >= 0.3 is 10.4 Å². The van der Waals surface area contributed by atoms with Gasteiger partial charge in [0.05, 0.1) is 13.7 Å². The zero-order valence-corrected chi connectivity index (χ0v) is 5.27. The fourth-order valence-electron chi connectivity index (χ4n) is 0.150. The molecule has 0 N–H and O–H groups in total. The van der Waals surface area contributed by atoms with Crippen molar-refractivity contribution in [3.8, 4) is 0 Å². The van der Waals surface area contributed by atoms with E-state index in [0.29, 0.717) is 0 Å². The van der Waals surface area contributed by atoms with Crippen LogP contribution in [0.3, 0.4) is 0 Å². The van der Waals surface area contributed by atoms with Gasteiger partial charge in [0.15, 0.2) is 0 Å². The lowest BCUT2D eigenvalue weighted by Gasteiger charge is -1.95. The molecule has 0 rings (SSSR count). The molecule has 0 aliphatic carbocycles. The van der Waals surface area contributed by atoms with E-state index in [2.05, 4.69) is 15.3 Å². The number of hydrogen-bond acceptors (Lipinski definition) is 4. The molecule has 4 nitrogen and oxygen atoms in total. The second-order valence-electron chi connectivity index (χ2n) is 0.897. The highest BCUT2D eigenvalue weighted by Gasteiger charge is 2.04. The van der Waals surface area contributed by atoms with Crippen LogP contribution in [0.4, 0.5) is 0 Å². The van der Waals surface area contributed by atoms with Gasteiger partial charge in [0, 0.05) is 0 Å². The van der Waals surface area contributed by atoms with E-state index in [1.807, 2.05) is 0 Å². The summed E-state index contributed by atoms with van der Waals surface area (Å²) in [6.07, 6.45) is 0. The topological polar surface area (TPSA) is 52.6 Å². The zero-order chi connectivity index (χ0) is 6.62. The fraction of sp³-hybridized carbons (Fsp3) is 0.667. The summed E-state index contributed by atoms with van der Waals surface area (Å²) < 4.78 is 28.1. The Kier molecular flexibility index (Phi) is 2.96. The Morgan fingerprint density at radius 2 is 2.12 bits per heavy atom. The van der Waals surface area contributed by atoms with Crippen molar-refractivity contribution in [1.82, 2.24) is 0 Å². The van der Waals surface area contributed by atoms with Gasteiger partial charge in [-0.3, -0.25) is 4.18 Å². The Labute approximate surface area is 48.7 Å². The number of hydrogen-bond donors (Lipinski definition) is 0. The van der Waals surface area contributed by atoms with Crippen LogP contribution in [0.2, 0.25) is 0 Å². The largest absolute Gasteiger partial charge is 0.399 e. The van der Waals surface area contributed by atoms with Crippen LogP contribution in [0.25, 0.3) is 0 Å². The van der Waals surface area contributed by atoms with E-state index in [9.17, 15) is 8.42 Å². The molecule has 0 bridgehead atoms. The molecular weight excluding hydrogens is 132 g/mol. The lowest BCUT2D eigenvalue weighted by Crippen LogP contribution is -2.06. The average Bonchev–Trinajstić information content (AvgIpc) is 1.67. The van der Waals surface area contributed by atoms with Crippen molar-refractivity contribution in [2.45, 2.75) is 0 Å². The minimum Gasteiger partial charge on any atom is -0.252 e. The molecule has 5 heteroatoms. The monoisotopic (exact) mass is 139 g/mol. The summed E-state index contributed by atoms with van der Waals surface area (Å²) in [6.45, 7) is 2.99. The molecule has 49 valence electrons. The first kappa shape index (κ1) is 7.87. The second kappa shape index (κ2) is 3.01. The minimum absolute atomic E-state index is 0.143. The van der Waals surface area contributed by atoms with Crippen LogP contribution in [0, 0.1) is 6.92 Å². The van der Waals surface area contributed by atoms with Crippen LogP contribution in [0.1, 0.15) is 0 Å². The summed E-state index contributed by atoms with van der Waals surface area (Å²) >= 11 is 0. The third-order valence-corrected chi connectivity index (χ3v) is 1.30. The molecule has 0 aliphatic rings. The van der Waals surface area contributed by atoms with Crippen molar-refractivity contribution in [3.63, 3.8) is 0 Å². The maximum Gasteiger partial charge on any atom is 0.399 e. The van der Waals surface area contributed by atoms with Gasteiger partial charge in [-0.25, -0.2) is 4.18 Å². The van der Waals surface area contributed by atoms with Crippen molar-refractivity contribution in [2.75, 3.05) is 13.7 Å². The minimum atomic E-state index is -3.73. The predicted octanol–water partition coefficient (Wildman–Crippen LogP) is -0.272. The molecular formula is C3H7O4S. The third-order valence-electron chi connectivity index (χ3n) is 0.432. The van der Waals surface area contributed by atoms with Crippen molar-refractivity contribution in [2.24, 2.45) is 0 Å². The molecule has 0 amide bonds. The highest BCUT2D eigenvalue weighted by Crippen LogP contribution is 1.89. The van der Waals surface area contributed by atoms with E-state index >= 15 is 0 Å². The Balaban J connectivity index is 3.76. The maximum atomic E-state index is 10.1. The highest BCUT2D eigenvalue weighted by atomic mass is 32.3. The van der Waals surface area contributed by atoms with Crippen molar-refractivity contribution in [3.05, 3.63) is 6.92 Å². The fourth-order valence-corrected chi connectivity index (χ4v) is 0.451. The Bertz CT molecular complexity index is 135. The van der Waals surface area contributed by atoms with Gasteiger partial charge in [-0.1, -0.05) is 0 Å². The van der Waals surface area contributed by atoms with Crippen LogP contribution in [0.5, 0.6) is 0 Å². The van der Waals surface area contributed by atoms with Crippen LogP contribution >= 0.6 is 0 Å². The predicted molar refractivity (Wildman–Crippen MR) is 27.2 cm³/mol. The van der Waals surface area contributed by atoms with Gasteiger partial charge < -0.3 is 0 Å². The van der Waals surface area contributed by atoms with Gasteiger partial charge in [-0.05, 0) is 6.92 Å². The number of rotatable bonds is 3. The van der Waals surface area contributed by atoms with Gasteiger partial charge in [-0.15, -0.1) is 0 Å². The van der Waals surface area contributed by atoms with Gasteiger partial charge in [0.1, 0.15) is 0 Å². The summed E-state index contributed by atoms with van der Waals surface area (Å²) in [7, 11) is -2.71. The van der Waals surface area contributed by atoms with Crippen molar-refractivity contribution >= 4 is 10.4 Å². The van der Waals surface area contributed by atoms with E-state index < -0.39 is 10.4 Å². The van der Waals surface area contributed by atoms with E-state index in [1.54, 1.807) is 0 Å². The molecule has 0 fully saturated rings. The Hall–Kier alpha value is -0.130. The van der Waals surface area contributed by atoms with Gasteiger partial charge in [0.25, 0.3) is 0 Å². The highest BCUT2D eigenvalue weighted by molar-refractivity contribution is 7.81. The molecule has 1 radical (unpaired) electrons. The second-order valence-corrected chi connectivity index (χ2v) is 2.28. The van der Waals surface area contributed by atoms with E-state index in [1.165, 1.54) is 0 Å². The van der Waals surface area contributed by atoms with Crippen LogP contribution < -0.4 is 0 Å². The first-order valence-electron chi connectivity index (χ1n) is 1.86. The lowest BCUT2D eigenvalue weighted by atomic mass is 10.9. The Morgan fingerprint density at radius 3 is 2.25 bits per heavy atom. The standard InChI is InChI=1S/C3H7O4S/c1-3-7-8(4,5)6-2/h1,3H2,2H3. The molecule has 0 atom stereocenters. The van der Waals surface area contributed by atoms with E-state index in [4.69, 9.17) is 0 Å². The smallest absolute Gasteiger partial charge is 0.252 e. The molecule has 0 aliphatic heterocycles. The first-order chi connectivity index (χ1) is 3.62. The molecule has 0 saturated carbocycles. The van der Waals surface area contributed by atoms with Crippen molar-refractivity contribution < 1.29 is 16.8 Å². The molecule has 8 heavy (non-hydrogen) atoms. The van der Waals surface area contributed by atoms with Crippen LogP contribution in [-0.4, -0.2) is 22.1 Å². The summed E-state index contributed by atoms with van der Waals surface area (Å²) in [6, 6.07) is 0. The zero-order valence-electron chi connectivity index (χ0n) is 4.46. The van der Waals surface area contributed by atoms with E-state index in [0.717, 1.165) is 7.11 Å². The molecule has 0 spiro atoms. The molecule has 0 saturated heterocycles. The SMILES string of the molecule is [CH2]COS(=O)(=O)OC. The third kappa shape index (κ3) is 2.95. The molecule has 0 aromatic carbocycles. The van der Waals surface area contributed by atoms with Gasteiger partial charge in [-0.2, -0.15) is 8.42 Å². The first-order valence-corrected chi connectivity index (χ1v) is 3.20. The van der Waals surface area contributed by atoms with Crippen LogP contribution in [-0.2, 0) is 18.8 Å². The molecule has 0 aromatic heterocycles. The Morgan fingerprint density at radius 1 is 1.62 bits per heavy atom. The van der Waals surface area contributed by atoms with E-state index in [-0.39, 0.29) is 6.61 Å². The molecule has 0 heterocycles. The summed E-state index contributed by atoms with van der Waals surface area (Å²) in [4.78, 5) is 0. The average molecular weight is 139 g/mol. The molecule has 0 aromatic rings. The van der Waals surface area contributed by atoms with Gasteiger partial charge in [0.2, 0.25) is 0 Å². The summed E-state index contributed by atoms with van der Waals surface area (Å²) in [5, 5.41) is 0. The normalized spacial score (nSPS) is 11.8. The summed E-state index contributed by atoms with van der Waals surface area (Å²) in [5.74, 6) is 0. The van der Waals surface area contributed by atoms with Crippen LogP contribution in [0.15, 0.2) is 0 Å². The quantitative estimate of drug-likeness (QED) is 0.540. The lowest BCUT2D eigenvalue weighted by molar-refractivity contribution is 0.264. The summed E-state index contributed by atoms with van der Waals surface area (Å²) in [5.41, 5.74) is 0. The molecule has 0 unspecified atom stereocenters. The van der Waals surface area contributed by atoms with Crippen molar-refractivity contribution in [1.29, 1.82) is 0 Å².